The molecule has 0 spiro atoms. The molecule has 2 aromatic heterocycles. The maximum Gasteiger partial charge on any atom is 0.336 e. The molecular weight excluding hydrogens is 392 g/mol. The molecule has 0 saturated heterocycles. The van der Waals surface area contributed by atoms with Crippen LogP contribution in [0.2, 0.25) is 5.02 Å². The van der Waals surface area contributed by atoms with E-state index in [2.05, 4.69) is 0 Å². The van der Waals surface area contributed by atoms with E-state index in [0.717, 1.165) is 5.56 Å². The number of rotatable bonds is 4. The summed E-state index contributed by atoms with van der Waals surface area (Å²) in [5, 5.41) is 0.676. The molecule has 0 unspecified atom stereocenters. The fourth-order valence-electron chi connectivity index (χ4n) is 2.87. The number of fused-ring (bicyclic) bond motifs is 1. The summed E-state index contributed by atoms with van der Waals surface area (Å²) in [4.78, 5) is 25.4. The SMILES string of the molecule is Cc1ccc2c(=O)c(OC(=O)/C=C/c3ccco3)c(-c3ccccc3Cl)oc2c1. The smallest absolute Gasteiger partial charge is 0.336 e. The van der Waals surface area contributed by atoms with Crippen LogP contribution in [0.15, 0.2) is 80.6 Å². The second-order valence-corrected chi connectivity index (χ2v) is 6.75. The minimum absolute atomic E-state index is 0.0958. The van der Waals surface area contributed by atoms with Crippen molar-refractivity contribution in [3.63, 3.8) is 0 Å². The summed E-state index contributed by atoms with van der Waals surface area (Å²) in [6, 6.07) is 15.4. The van der Waals surface area contributed by atoms with Gasteiger partial charge in [-0.15, -0.1) is 0 Å². The zero-order valence-corrected chi connectivity index (χ0v) is 16.1. The van der Waals surface area contributed by atoms with Crippen molar-refractivity contribution in [2.45, 2.75) is 6.92 Å². The lowest BCUT2D eigenvalue weighted by Gasteiger charge is -2.11. The number of halogens is 1. The molecule has 4 rings (SSSR count). The monoisotopic (exact) mass is 406 g/mol. The first-order valence-corrected chi connectivity index (χ1v) is 9.16. The van der Waals surface area contributed by atoms with E-state index in [1.807, 2.05) is 6.92 Å². The summed E-state index contributed by atoms with van der Waals surface area (Å²) >= 11 is 6.30. The number of hydrogen-bond acceptors (Lipinski definition) is 5. The van der Waals surface area contributed by atoms with Gasteiger partial charge >= 0.3 is 5.97 Å². The van der Waals surface area contributed by atoms with Gasteiger partial charge in [-0.25, -0.2) is 4.79 Å². The van der Waals surface area contributed by atoms with Crippen LogP contribution in [0.5, 0.6) is 5.75 Å². The Labute approximate surface area is 170 Å². The first kappa shape index (κ1) is 18.8. The molecular formula is C23H15ClO5. The van der Waals surface area contributed by atoms with Crippen LogP contribution in [0.4, 0.5) is 0 Å². The molecule has 0 atom stereocenters. The predicted molar refractivity (Wildman–Crippen MR) is 111 cm³/mol. The number of benzene rings is 2. The average Bonchev–Trinajstić information content (AvgIpc) is 3.22. The molecule has 0 radical (unpaired) electrons. The van der Waals surface area contributed by atoms with Crippen molar-refractivity contribution < 1.29 is 18.4 Å². The number of furan rings is 1. The van der Waals surface area contributed by atoms with Gasteiger partial charge in [-0.05, 0) is 55.0 Å². The van der Waals surface area contributed by atoms with Crippen LogP contribution in [-0.4, -0.2) is 5.97 Å². The largest absolute Gasteiger partial charge is 0.465 e. The van der Waals surface area contributed by atoms with E-state index in [9.17, 15) is 9.59 Å². The van der Waals surface area contributed by atoms with E-state index < -0.39 is 11.4 Å². The Morgan fingerprint density at radius 1 is 1.10 bits per heavy atom. The number of ether oxygens (including phenoxy) is 1. The number of hydrogen-bond donors (Lipinski definition) is 0. The zero-order chi connectivity index (χ0) is 20.4. The van der Waals surface area contributed by atoms with Gasteiger partial charge in [0.15, 0.2) is 5.76 Å². The van der Waals surface area contributed by atoms with Gasteiger partial charge in [-0.3, -0.25) is 4.79 Å². The third-order valence-corrected chi connectivity index (χ3v) is 4.58. The Morgan fingerprint density at radius 2 is 1.93 bits per heavy atom. The number of esters is 1. The van der Waals surface area contributed by atoms with Crippen LogP contribution in [0.3, 0.4) is 0 Å². The molecule has 0 aliphatic heterocycles. The summed E-state index contributed by atoms with van der Waals surface area (Å²) in [6.45, 7) is 1.89. The Balaban J connectivity index is 1.84. The summed E-state index contributed by atoms with van der Waals surface area (Å²) in [5.41, 5.74) is 1.31. The fraction of sp³-hybridized carbons (Fsp3) is 0.0435. The quantitative estimate of drug-likeness (QED) is 0.324. The van der Waals surface area contributed by atoms with Crippen LogP contribution < -0.4 is 10.2 Å². The third-order valence-electron chi connectivity index (χ3n) is 4.25. The van der Waals surface area contributed by atoms with Crippen LogP contribution in [-0.2, 0) is 4.79 Å². The minimum atomic E-state index is -0.742. The van der Waals surface area contributed by atoms with Gasteiger partial charge in [-0.2, -0.15) is 0 Å². The Morgan fingerprint density at radius 3 is 2.69 bits per heavy atom. The molecule has 144 valence electrons. The molecule has 2 aromatic carbocycles. The molecule has 2 heterocycles. The average molecular weight is 407 g/mol. The molecule has 6 heteroatoms. The number of carbonyl (C=O) groups excluding carboxylic acids is 1. The first-order valence-electron chi connectivity index (χ1n) is 8.78. The molecule has 0 N–H and O–H groups in total. The van der Waals surface area contributed by atoms with Crippen molar-refractivity contribution in [3.8, 4) is 17.1 Å². The number of aryl methyl sites for hydroxylation is 1. The van der Waals surface area contributed by atoms with Gasteiger partial charge in [0.25, 0.3) is 0 Å². The van der Waals surface area contributed by atoms with Crippen molar-refractivity contribution in [2.24, 2.45) is 0 Å². The Bertz CT molecular complexity index is 1280. The van der Waals surface area contributed by atoms with Gasteiger partial charge in [-0.1, -0.05) is 29.8 Å². The maximum atomic E-state index is 13.1. The molecule has 0 saturated carbocycles. The van der Waals surface area contributed by atoms with Gasteiger partial charge in [0, 0.05) is 11.6 Å². The second kappa shape index (κ2) is 7.81. The van der Waals surface area contributed by atoms with E-state index in [1.165, 1.54) is 18.4 Å². The molecule has 5 nitrogen and oxygen atoms in total. The van der Waals surface area contributed by atoms with Crippen molar-refractivity contribution >= 4 is 34.6 Å². The topological polar surface area (TPSA) is 69.7 Å². The highest BCUT2D eigenvalue weighted by atomic mass is 35.5. The van der Waals surface area contributed by atoms with Gasteiger partial charge < -0.3 is 13.6 Å². The van der Waals surface area contributed by atoms with Gasteiger partial charge in [0.05, 0.1) is 16.7 Å². The van der Waals surface area contributed by atoms with Crippen LogP contribution >= 0.6 is 11.6 Å². The zero-order valence-electron chi connectivity index (χ0n) is 15.3. The standard InChI is InChI=1S/C23H15ClO5/c1-14-8-10-17-19(13-14)28-22(16-6-2-3-7-18(16)24)23(21(17)26)29-20(25)11-9-15-5-4-12-27-15/h2-13H,1H3/b11-9+. The van der Waals surface area contributed by atoms with Crippen LogP contribution in [0.1, 0.15) is 11.3 Å². The van der Waals surface area contributed by atoms with E-state index >= 15 is 0 Å². The van der Waals surface area contributed by atoms with Crippen molar-refractivity contribution in [1.29, 1.82) is 0 Å². The summed E-state index contributed by atoms with van der Waals surface area (Å²) in [6.07, 6.45) is 4.11. The summed E-state index contributed by atoms with van der Waals surface area (Å²) in [7, 11) is 0. The van der Waals surface area contributed by atoms with Crippen molar-refractivity contribution in [1.82, 2.24) is 0 Å². The predicted octanol–water partition coefficient (Wildman–Crippen LogP) is 5.63. The third kappa shape index (κ3) is 3.86. The van der Waals surface area contributed by atoms with Gasteiger partial charge in [0.2, 0.25) is 11.2 Å². The highest BCUT2D eigenvalue weighted by molar-refractivity contribution is 6.33. The number of carbonyl (C=O) groups is 1. The van der Waals surface area contributed by atoms with E-state index in [-0.39, 0.29) is 11.5 Å². The lowest BCUT2D eigenvalue weighted by atomic mass is 10.1. The van der Waals surface area contributed by atoms with Crippen molar-refractivity contribution in [3.05, 3.63) is 93.5 Å². The molecule has 29 heavy (non-hydrogen) atoms. The highest BCUT2D eigenvalue weighted by Gasteiger charge is 2.21. The van der Waals surface area contributed by atoms with Crippen LogP contribution in [0, 0.1) is 6.92 Å². The lowest BCUT2D eigenvalue weighted by molar-refractivity contribution is -0.129. The van der Waals surface area contributed by atoms with E-state index in [0.29, 0.717) is 27.3 Å². The van der Waals surface area contributed by atoms with Crippen molar-refractivity contribution in [2.75, 3.05) is 0 Å². The summed E-state index contributed by atoms with van der Waals surface area (Å²) in [5.74, 6) is -0.384. The molecule has 0 aliphatic rings. The second-order valence-electron chi connectivity index (χ2n) is 6.34. The Hall–Kier alpha value is -3.57. The van der Waals surface area contributed by atoms with Gasteiger partial charge in [0.1, 0.15) is 11.3 Å². The fourth-order valence-corrected chi connectivity index (χ4v) is 3.09. The molecule has 0 fully saturated rings. The maximum absolute atomic E-state index is 13.1. The highest BCUT2D eigenvalue weighted by Crippen LogP contribution is 2.35. The molecule has 0 amide bonds. The normalized spacial score (nSPS) is 11.2. The summed E-state index contributed by atoms with van der Waals surface area (Å²) < 4.78 is 16.5. The molecule has 4 aromatic rings. The lowest BCUT2D eigenvalue weighted by Crippen LogP contribution is -2.14. The Kier molecular flexibility index (Phi) is 5.06. The molecule has 0 aliphatic carbocycles. The first-order chi connectivity index (χ1) is 14.0. The van der Waals surface area contributed by atoms with E-state index in [1.54, 1.807) is 54.6 Å². The molecule has 0 bridgehead atoms. The van der Waals surface area contributed by atoms with E-state index in [4.69, 9.17) is 25.2 Å². The minimum Gasteiger partial charge on any atom is -0.465 e. The van der Waals surface area contributed by atoms with Crippen LogP contribution in [0.25, 0.3) is 28.4 Å².